The lowest BCUT2D eigenvalue weighted by atomic mass is 10.2. The van der Waals surface area contributed by atoms with E-state index in [-0.39, 0.29) is 10.8 Å². The number of carbonyl (C=O) groups is 1. The van der Waals surface area contributed by atoms with Gasteiger partial charge in [0.2, 0.25) is 10.0 Å². The third kappa shape index (κ3) is 3.17. The van der Waals surface area contributed by atoms with Gasteiger partial charge in [-0.05, 0) is 30.7 Å². The summed E-state index contributed by atoms with van der Waals surface area (Å²) < 4.78 is 25.9. The smallest absolute Gasteiger partial charge is 0.253 e. The second kappa shape index (κ2) is 5.90. The molecule has 0 radical (unpaired) electrons. The number of carbonyl (C=O) groups excluding carboxylic acids is 1. The Kier molecular flexibility index (Phi) is 4.42. The molecule has 7 heteroatoms. The van der Waals surface area contributed by atoms with Crippen LogP contribution < -0.4 is 4.72 Å². The van der Waals surface area contributed by atoms with Crippen molar-refractivity contribution < 1.29 is 18.3 Å². The van der Waals surface area contributed by atoms with Crippen LogP contribution >= 0.6 is 0 Å². The van der Waals surface area contributed by atoms with Gasteiger partial charge in [-0.2, -0.15) is 0 Å². The largest absolute Gasteiger partial charge is 0.391 e. The number of benzene rings is 1. The zero-order valence-electron chi connectivity index (χ0n) is 11.2. The number of β-amino-alcohol motifs (C(OH)–C–C–N with tert-alkyl or cyclic N) is 1. The summed E-state index contributed by atoms with van der Waals surface area (Å²) in [5.74, 6) is -0.186. The van der Waals surface area contributed by atoms with Gasteiger partial charge in [0.25, 0.3) is 5.91 Å². The Hall–Kier alpha value is -1.44. The Labute approximate surface area is 118 Å². The molecule has 0 bridgehead atoms. The highest BCUT2D eigenvalue weighted by molar-refractivity contribution is 7.89. The fraction of sp³-hybridized carbons (Fsp3) is 0.462. The number of amides is 1. The predicted octanol–water partition coefficient (Wildman–Crippen LogP) is 0.192. The summed E-state index contributed by atoms with van der Waals surface area (Å²) >= 11 is 0. The van der Waals surface area contributed by atoms with Crippen LogP contribution in [0, 0.1) is 0 Å². The van der Waals surface area contributed by atoms with Crippen molar-refractivity contribution in [3.8, 4) is 0 Å². The molecule has 0 aromatic heterocycles. The number of sulfonamides is 1. The van der Waals surface area contributed by atoms with Gasteiger partial charge in [0, 0.05) is 25.2 Å². The van der Waals surface area contributed by atoms with Crippen LogP contribution in [0.25, 0.3) is 0 Å². The molecule has 1 amide bonds. The molecule has 2 N–H and O–H groups in total. The Morgan fingerprint density at radius 2 is 2.05 bits per heavy atom. The normalized spacial score (nSPS) is 19.3. The number of aliphatic hydroxyl groups excluding tert-OH is 1. The molecule has 1 aromatic rings. The van der Waals surface area contributed by atoms with Gasteiger partial charge < -0.3 is 10.0 Å². The van der Waals surface area contributed by atoms with Gasteiger partial charge in [-0.15, -0.1) is 0 Å². The first-order chi connectivity index (χ1) is 9.44. The van der Waals surface area contributed by atoms with E-state index in [1.807, 2.05) is 0 Å². The van der Waals surface area contributed by atoms with Gasteiger partial charge in [0.05, 0.1) is 11.0 Å². The van der Waals surface area contributed by atoms with Crippen molar-refractivity contribution in [2.75, 3.05) is 19.6 Å². The first-order valence-corrected chi connectivity index (χ1v) is 7.99. The topological polar surface area (TPSA) is 86.7 Å². The van der Waals surface area contributed by atoms with Crippen molar-refractivity contribution in [3.05, 3.63) is 29.8 Å². The predicted molar refractivity (Wildman–Crippen MR) is 73.8 cm³/mol. The third-order valence-electron chi connectivity index (χ3n) is 3.20. The zero-order valence-corrected chi connectivity index (χ0v) is 12.1. The number of aliphatic hydroxyl groups is 1. The summed E-state index contributed by atoms with van der Waals surface area (Å²) in [6.07, 6.45) is 0.117. The molecule has 20 heavy (non-hydrogen) atoms. The summed E-state index contributed by atoms with van der Waals surface area (Å²) in [6.45, 7) is 2.87. The molecule has 1 aliphatic rings. The fourth-order valence-electron chi connectivity index (χ4n) is 2.16. The van der Waals surface area contributed by atoms with Crippen molar-refractivity contribution in [2.45, 2.75) is 24.3 Å². The minimum Gasteiger partial charge on any atom is -0.391 e. The molecule has 1 fully saturated rings. The summed E-state index contributed by atoms with van der Waals surface area (Å²) in [4.78, 5) is 13.8. The molecule has 1 aliphatic heterocycles. The van der Waals surface area contributed by atoms with Crippen LogP contribution in [0.5, 0.6) is 0 Å². The lowest BCUT2D eigenvalue weighted by molar-refractivity contribution is 0.0765. The Bertz CT molecular complexity index is 583. The molecule has 0 aliphatic carbocycles. The number of hydrogen-bond donors (Lipinski definition) is 2. The fourth-order valence-corrected chi connectivity index (χ4v) is 3.20. The molecular weight excluding hydrogens is 280 g/mol. The number of hydrogen-bond acceptors (Lipinski definition) is 4. The van der Waals surface area contributed by atoms with E-state index in [4.69, 9.17) is 0 Å². The van der Waals surface area contributed by atoms with E-state index in [0.29, 0.717) is 31.6 Å². The molecule has 2 rings (SSSR count). The van der Waals surface area contributed by atoms with Crippen molar-refractivity contribution in [2.24, 2.45) is 0 Å². The molecule has 6 nitrogen and oxygen atoms in total. The third-order valence-corrected chi connectivity index (χ3v) is 4.76. The van der Waals surface area contributed by atoms with Crippen LogP contribution in [0.4, 0.5) is 0 Å². The van der Waals surface area contributed by atoms with E-state index in [2.05, 4.69) is 4.72 Å². The number of likely N-dealkylation sites (tertiary alicyclic amines) is 1. The van der Waals surface area contributed by atoms with Gasteiger partial charge >= 0.3 is 0 Å². The first kappa shape index (κ1) is 15.0. The lowest BCUT2D eigenvalue weighted by Crippen LogP contribution is -2.29. The standard InChI is InChI=1S/C13H18N2O4S/c1-2-14-20(18,19)12-5-3-10(4-6-12)13(17)15-8-7-11(16)9-15/h3-6,11,14,16H,2,7-9H2,1H3/t11-/m1/s1. The average Bonchev–Trinajstić information content (AvgIpc) is 2.85. The molecule has 1 aromatic carbocycles. The van der Waals surface area contributed by atoms with Gasteiger partial charge in [-0.3, -0.25) is 4.79 Å². The van der Waals surface area contributed by atoms with Crippen molar-refractivity contribution in [3.63, 3.8) is 0 Å². The monoisotopic (exact) mass is 298 g/mol. The Balaban J connectivity index is 2.14. The van der Waals surface area contributed by atoms with Gasteiger partial charge in [-0.1, -0.05) is 6.92 Å². The van der Waals surface area contributed by atoms with Gasteiger partial charge in [0.15, 0.2) is 0 Å². The average molecular weight is 298 g/mol. The van der Waals surface area contributed by atoms with Crippen molar-refractivity contribution in [1.29, 1.82) is 0 Å². The van der Waals surface area contributed by atoms with Crippen LogP contribution in [-0.2, 0) is 10.0 Å². The number of nitrogens with zero attached hydrogens (tertiary/aromatic N) is 1. The zero-order chi connectivity index (χ0) is 14.8. The van der Waals surface area contributed by atoms with E-state index in [9.17, 15) is 18.3 Å². The highest BCUT2D eigenvalue weighted by atomic mass is 32.2. The highest BCUT2D eigenvalue weighted by Gasteiger charge is 2.25. The van der Waals surface area contributed by atoms with Crippen LogP contribution in [0.15, 0.2) is 29.2 Å². The molecule has 1 saturated heterocycles. The number of nitrogens with one attached hydrogen (secondary N) is 1. The highest BCUT2D eigenvalue weighted by Crippen LogP contribution is 2.15. The van der Waals surface area contributed by atoms with Crippen LogP contribution in [0.3, 0.4) is 0 Å². The molecule has 0 spiro atoms. The van der Waals surface area contributed by atoms with Crippen LogP contribution in [-0.4, -0.2) is 50.1 Å². The summed E-state index contributed by atoms with van der Waals surface area (Å²) in [5.41, 5.74) is 0.426. The van der Waals surface area contributed by atoms with Crippen molar-refractivity contribution in [1.82, 2.24) is 9.62 Å². The van der Waals surface area contributed by atoms with Gasteiger partial charge in [-0.25, -0.2) is 13.1 Å². The van der Waals surface area contributed by atoms with Crippen LogP contribution in [0.2, 0.25) is 0 Å². The van der Waals surface area contributed by atoms with E-state index in [0.717, 1.165) is 0 Å². The van der Waals surface area contributed by atoms with Gasteiger partial charge in [0.1, 0.15) is 0 Å². The molecule has 110 valence electrons. The second-order valence-electron chi connectivity index (χ2n) is 4.72. The first-order valence-electron chi connectivity index (χ1n) is 6.51. The van der Waals surface area contributed by atoms with Crippen LogP contribution in [0.1, 0.15) is 23.7 Å². The molecule has 1 atom stereocenters. The number of rotatable bonds is 4. The maximum absolute atomic E-state index is 12.1. The summed E-state index contributed by atoms with van der Waals surface area (Å²) in [6, 6.07) is 5.82. The maximum atomic E-state index is 12.1. The molecule has 0 unspecified atom stereocenters. The quantitative estimate of drug-likeness (QED) is 0.831. The Morgan fingerprint density at radius 3 is 2.55 bits per heavy atom. The Morgan fingerprint density at radius 1 is 1.40 bits per heavy atom. The summed E-state index contributed by atoms with van der Waals surface area (Å²) in [7, 11) is -3.50. The van der Waals surface area contributed by atoms with E-state index in [1.165, 1.54) is 24.3 Å². The van der Waals surface area contributed by atoms with E-state index < -0.39 is 16.1 Å². The van der Waals surface area contributed by atoms with E-state index in [1.54, 1.807) is 11.8 Å². The SMILES string of the molecule is CCNS(=O)(=O)c1ccc(C(=O)N2CC[C@@H](O)C2)cc1. The molecule has 0 saturated carbocycles. The minimum atomic E-state index is -3.50. The van der Waals surface area contributed by atoms with Crippen molar-refractivity contribution >= 4 is 15.9 Å². The summed E-state index contributed by atoms with van der Waals surface area (Å²) in [5, 5.41) is 9.42. The second-order valence-corrected chi connectivity index (χ2v) is 6.49. The molecular formula is C13H18N2O4S. The van der Waals surface area contributed by atoms with E-state index >= 15 is 0 Å². The minimum absolute atomic E-state index is 0.136. The lowest BCUT2D eigenvalue weighted by Gasteiger charge is -2.15. The molecule has 1 heterocycles. The maximum Gasteiger partial charge on any atom is 0.253 e.